The molecule has 1 aliphatic heterocycles. The highest BCUT2D eigenvalue weighted by Crippen LogP contribution is 2.55. The minimum absolute atomic E-state index is 0.109. The van der Waals surface area contributed by atoms with Crippen LogP contribution in [0.25, 0.3) is 0 Å². The Bertz CT molecular complexity index is 1010. The number of anilines is 1. The standard InChI is InChI=1S/C26H33FN2O3/c1-16-6-11-22(31-4)25(30)24(16)26-12-13-29(3)17(2)20(26)14-23(32-5)21(15-26)28-19-9-7-18(27)8-10-19/h6-11,14,17,20-21,28,30H,12-13,15H2,1-5H3. The normalized spacial score (nSPS) is 27.9. The first-order chi connectivity index (χ1) is 15.3. The van der Waals surface area contributed by atoms with Crippen LogP contribution in [0.4, 0.5) is 10.1 Å². The average Bonchev–Trinajstić information content (AvgIpc) is 2.78. The van der Waals surface area contributed by atoms with E-state index >= 15 is 0 Å². The van der Waals surface area contributed by atoms with E-state index in [9.17, 15) is 9.50 Å². The largest absolute Gasteiger partial charge is 0.504 e. The van der Waals surface area contributed by atoms with Gasteiger partial charge in [0.2, 0.25) is 0 Å². The van der Waals surface area contributed by atoms with Crippen LogP contribution in [0.2, 0.25) is 0 Å². The molecule has 0 saturated carbocycles. The number of piperidine rings is 1. The second-order valence-electron chi connectivity index (χ2n) is 9.14. The Morgan fingerprint density at radius 1 is 1.12 bits per heavy atom. The van der Waals surface area contributed by atoms with Crippen LogP contribution in [0.3, 0.4) is 0 Å². The molecule has 172 valence electrons. The summed E-state index contributed by atoms with van der Waals surface area (Å²) in [5.74, 6) is 1.48. The van der Waals surface area contributed by atoms with E-state index in [1.54, 1.807) is 26.4 Å². The summed E-state index contributed by atoms with van der Waals surface area (Å²) < 4.78 is 24.8. The van der Waals surface area contributed by atoms with E-state index in [4.69, 9.17) is 9.47 Å². The lowest BCUT2D eigenvalue weighted by atomic mass is 9.57. The zero-order valence-electron chi connectivity index (χ0n) is 19.5. The number of halogens is 1. The van der Waals surface area contributed by atoms with E-state index in [0.29, 0.717) is 5.75 Å². The quantitative estimate of drug-likeness (QED) is 0.697. The van der Waals surface area contributed by atoms with Crippen LogP contribution >= 0.6 is 0 Å². The molecule has 4 rings (SSSR count). The van der Waals surface area contributed by atoms with Crippen molar-refractivity contribution in [3.63, 3.8) is 0 Å². The van der Waals surface area contributed by atoms with Gasteiger partial charge in [0.05, 0.1) is 20.3 Å². The molecule has 0 spiro atoms. The van der Waals surface area contributed by atoms with Crippen LogP contribution in [0, 0.1) is 18.7 Å². The minimum atomic E-state index is -0.297. The molecule has 1 saturated heterocycles. The van der Waals surface area contributed by atoms with E-state index < -0.39 is 0 Å². The highest BCUT2D eigenvalue weighted by molar-refractivity contribution is 5.56. The molecule has 32 heavy (non-hydrogen) atoms. The Hall–Kier alpha value is -2.73. The van der Waals surface area contributed by atoms with Gasteiger partial charge in [0.25, 0.3) is 0 Å². The third-order valence-corrected chi connectivity index (χ3v) is 7.51. The molecule has 0 bridgehead atoms. The third-order valence-electron chi connectivity index (χ3n) is 7.51. The lowest BCUT2D eigenvalue weighted by molar-refractivity contribution is 0.0544. The number of methoxy groups -OCH3 is 2. The molecule has 1 aliphatic carbocycles. The summed E-state index contributed by atoms with van der Waals surface area (Å²) in [5, 5.41) is 14.8. The van der Waals surface area contributed by atoms with E-state index in [2.05, 4.69) is 37.2 Å². The Morgan fingerprint density at radius 2 is 1.84 bits per heavy atom. The SMILES string of the molecule is COC1=CC2C(C)N(C)CCC2(c2c(C)ccc(OC)c2O)CC1Nc1ccc(F)cc1. The van der Waals surface area contributed by atoms with Gasteiger partial charge < -0.3 is 24.8 Å². The Labute approximate surface area is 189 Å². The first-order valence-electron chi connectivity index (χ1n) is 11.2. The monoisotopic (exact) mass is 440 g/mol. The van der Waals surface area contributed by atoms with Gasteiger partial charge in [-0.15, -0.1) is 0 Å². The van der Waals surface area contributed by atoms with Crippen molar-refractivity contribution in [1.29, 1.82) is 0 Å². The van der Waals surface area contributed by atoms with Crippen LogP contribution in [0.5, 0.6) is 11.5 Å². The van der Waals surface area contributed by atoms with Crippen molar-refractivity contribution in [1.82, 2.24) is 4.90 Å². The van der Waals surface area contributed by atoms with Crippen molar-refractivity contribution in [3.05, 3.63) is 65.2 Å². The lowest BCUT2D eigenvalue weighted by Crippen LogP contribution is -2.57. The first kappa shape index (κ1) is 22.5. The van der Waals surface area contributed by atoms with Crippen molar-refractivity contribution < 1.29 is 19.0 Å². The van der Waals surface area contributed by atoms with E-state index in [1.807, 2.05) is 12.1 Å². The van der Waals surface area contributed by atoms with Crippen LogP contribution < -0.4 is 10.1 Å². The summed E-state index contributed by atoms with van der Waals surface area (Å²) in [6.07, 6.45) is 3.87. The summed E-state index contributed by atoms with van der Waals surface area (Å²) in [7, 11) is 5.43. The Balaban J connectivity index is 1.85. The number of nitrogens with zero attached hydrogens (tertiary/aromatic N) is 1. The average molecular weight is 441 g/mol. The van der Waals surface area contributed by atoms with Crippen LogP contribution in [0.1, 0.15) is 30.9 Å². The highest BCUT2D eigenvalue weighted by atomic mass is 19.1. The molecule has 1 fully saturated rings. The molecule has 4 unspecified atom stereocenters. The summed E-state index contributed by atoms with van der Waals surface area (Å²) in [5.41, 5.74) is 2.55. The molecular formula is C26H33FN2O3. The van der Waals surface area contributed by atoms with Gasteiger partial charge in [0, 0.05) is 28.6 Å². The zero-order chi connectivity index (χ0) is 23.0. The number of benzene rings is 2. The molecule has 5 nitrogen and oxygen atoms in total. The van der Waals surface area contributed by atoms with Gasteiger partial charge in [0.1, 0.15) is 11.6 Å². The maximum Gasteiger partial charge on any atom is 0.161 e. The van der Waals surface area contributed by atoms with Crippen LogP contribution in [-0.2, 0) is 10.2 Å². The molecule has 2 aromatic rings. The zero-order valence-corrected chi connectivity index (χ0v) is 19.5. The van der Waals surface area contributed by atoms with Gasteiger partial charge in [-0.1, -0.05) is 6.07 Å². The molecule has 4 atom stereocenters. The summed E-state index contributed by atoms with van der Waals surface area (Å²) in [4.78, 5) is 2.37. The number of likely N-dealkylation sites (tertiary alicyclic amines) is 1. The van der Waals surface area contributed by atoms with Gasteiger partial charge in [0.15, 0.2) is 11.5 Å². The van der Waals surface area contributed by atoms with E-state index in [1.165, 1.54) is 12.1 Å². The van der Waals surface area contributed by atoms with Gasteiger partial charge in [-0.2, -0.15) is 0 Å². The number of hydrogen-bond donors (Lipinski definition) is 2. The van der Waals surface area contributed by atoms with Crippen molar-refractivity contribution in [2.24, 2.45) is 5.92 Å². The Morgan fingerprint density at radius 3 is 2.50 bits per heavy atom. The van der Waals surface area contributed by atoms with E-state index in [-0.39, 0.29) is 35.0 Å². The maximum atomic E-state index is 13.4. The number of fused-ring (bicyclic) bond motifs is 1. The van der Waals surface area contributed by atoms with Gasteiger partial charge in [-0.3, -0.25) is 0 Å². The van der Waals surface area contributed by atoms with Crippen LogP contribution in [-0.4, -0.2) is 49.9 Å². The molecule has 2 N–H and O–H groups in total. The molecule has 0 radical (unpaired) electrons. The van der Waals surface area contributed by atoms with Crippen molar-refractivity contribution in [2.45, 2.75) is 44.2 Å². The smallest absolute Gasteiger partial charge is 0.161 e. The Kier molecular flexibility index (Phi) is 6.08. The van der Waals surface area contributed by atoms with Gasteiger partial charge in [-0.05, 0) is 82.3 Å². The number of rotatable bonds is 5. The fraction of sp³-hybridized carbons (Fsp3) is 0.462. The number of ether oxygens (including phenoxy) is 2. The minimum Gasteiger partial charge on any atom is -0.504 e. The predicted octanol–water partition coefficient (Wildman–Crippen LogP) is 4.84. The van der Waals surface area contributed by atoms with Crippen LogP contribution in [0.15, 0.2) is 48.2 Å². The molecule has 0 amide bonds. The molecule has 1 heterocycles. The van der Waals surface area contributed by atoms with Crippen molar-refractivity contribution >= 4 is 5.69 Å². The fourth-order valence-electron chi connectivity index (χ4n) is 5.72. The molecule has 2 aromatic carbocycles. The molecule has 2 aliphatic rings. The lowest BCUT2D eigenvalue weighted by Gasteiger charge is -2.54. The predicted molar refractivity (Wildman–Crippen MR) is 125 cm³/mol. The third kappa shape index (κ3) is 3.71. The van der Waals surface area contributed by atoms with Gasteiger partial charge in [-0.25, -0.2) is 4.39 Å². The number of aromatic hydroxyl groups is 1. The summed E-state index contributed by atoms with van der Waals surface area (Å²) >= 11 is 0. The summed E-state index contributed by atoms with van der Waals surface area (Å²) in [6, 6.07) is 10.4. The van der Waals surface area contributed by atoms with Crippen molar-refractivity contribution in [3.8, 4) is 11.5 Å². The van der Waals surface area contributed by atoms with E-state index in [0.717, 1.165) is 42.0 Å². The second-order valence-corrected chi connectivity index (χ2v) is 9.14. The number of phenolic OH excluding ortho intramolecular Hbond substituents is 1. The topological polar surface area (TPSA) is 54.0 Å². The van der Waals surface area contributed by atoms with Crippen molar-refractivity contribution in [2.75, 3.05) is 33.1 Å². The number of hydrogen-bond acceptors (Lipinski definition) is 5. The number of phenols is 1. The molecular weight excluding hydrogens is 407 g/mol. The fourth-order valence-corrected chi connectivity index (χ4v) is 5.72. The summed E-state index contributed by atoms with van der Waals surface area (Å²) in [6.45, 7) is 5.22. The second kappa shape index (κ2) is 8.66. The number of nitrogens with one attached hydrogen (secondary N) is 1. The first-order valence-corrected chi connectivity index (χ1v) is 11.2. The molecule has 6 heteroatoms. The van der Waals surface area contributed by atoms with Gasteiger partial charge >= 0.3 is 0 Å². The highest BCUT2D eigenvalue weighted by Gasteiger charge is 2.52. The maximum absolute atomic E-state index is 13.4. The number of aryl methyl sites for hydroxylation is 1. The molecule has 0 aromatic heterocycles.